The molecule has 1 rings (SSSR count). The minimum Gasteiger partial charge on any atom is -0.503 e. The summed E-state index contributed by atoms with van der Waals surface area (Å²) >= 11 is 0. The van der Waals surface area contributed by atoms with Crippen molar-refractivity contribution in [3.05, 3.63) is 28.8 Å². The Balaban J connectivity index is 4.09. The molecule has 0 aliphatic heterocycles. The molecule has 1 N–H and O–H groups in total. The standard InChI is InChI=1S/C19HF31O/c20-2-1(3(21)5(23)6(51)4(2)22)7(24,25)8(26,27)9(28,29)10(30,31)11(32,33)12(34,35)13(36,37)14(38,39)15(40,41)16(42,43)17(44,45)18(46,47)19(48,49)50/h51H. The van der Waals surface area contributed by atoms with Crippen LogP contribution >= 0.6 is 0 Å². The van der Waals surface area contributed by atoms with Gasteiger partial charge in [-0.05, 0) is 0 Å². The second-order valence-corrected chi connectivity index (χ2v) is 9.37. The number of hydrogen-bond donors (Lipinski definition) is 1. The Hall–Kier alpha value is -3.15. The van der Waals surface area contributed by atoms with Gasteiger partial charge in [-0.15, -0.1) is 0 Å². The van der Waals surface area contributed by atoms with Gasteiger partial charge in [0.1, 0.15) is 5.56 Å². The number of halogens is 31. The predicted octanol–water partition coefficient (Wildman–Crippen LogP) is 10.6. The molecule has 1 aromatic rings. The van der Waals surface area contributed by atoms with Crippen LogP contribution in [0.4, 0.5) is 136 Å². The van der Waals surface area contributed by atoms with Gasteiger partial charge in [-0.2, -0.15) is 127 Å². The van der Waals surface area contributed by atoms with Crippen LogP contribution in [0.5, 0.6) is 5.75 Å². The molecule has 0 bridgehead atoms. The molecular formula is C19HF31O. The van der Waals surface area contributed by atoms with E-state index < -0.39 is 112 Å². The van der Waals surface area contributed by atoms with E-state index in [2.05, 4.69) is 0 Å². The zero-order chi connectivity index (χ0) is 42.0. The van der Waals surface area contributed by atoms with E-state index in [9.17, 15) is 136 Å². The van der Waals surface area contributed by atoms with E-state index in [0.29, 0.717) is 0 Å². The molecule has 0 saturated carbocycles. The van der Waals surface area contributed by atoms with E-state index >= 15 is 0 Å². The lowest BCUT2D eigenvalue weighted by Crippen LogP contribution is -2.78. The van der Waals surface area contributed by atoms with Crippen molar-refractivity contribution in [2.45, 2.75) is 77.2 Å². The van der Waals surface area contributed by atoms with Crippen molar-refractivity contribution in [1.29, 1.82) is 0 Å². The van der Waals surface area contributed by atoms with E-state index in [1.807, 2.05) is 0 Å². The molecule has 0 spiro atoms. The highest BCUT2D eigenvalue weighted by molar-refractivity contribution is 5.37. The average Bonchev–Trinajstić information content (AvgIpc) is 2.93. The summed E-state index contributed by atoms with van der Waals surface area (Å²) in [5.41, 5.74) is -4.68. The van der Waals surface area contributed by atoms with Gasteiger partial charge in [0.25, 0.3) is 0 Å². The quantitative estimate of drug-likeness (QED) is 0.164. The van der Waals surface area contributed by atoms with Crippen LogP contribution < -0.4 is 0 Å². The Labute approximate surface area is 254 Å². The molecule has 32 heteroatoms. The van der Waals surface area contributed by atoms with Crippen molar-refractivity contribution in [2.24, 2.45) is 0 Å². The van der Waals surface area contributed by atoms with Crippen LogP contribution in [0.2, 0.25) is 0 Å². The van der Waals surface area contributed by atoms with Crippen molar-refractivity contribution >= 4 is 0 Å². The fourth-order valence-corrected chi connectivity index (χ4v) is 3.20. The third-order valence-corrected chi connectivity index (χ3v) is 6.25. The fourth-order valence-electron chi connectivity index (χ4n) is 3.20. The van der Waals surface area contributed by atoms with E-state index in [4.69, 9.17) is 5.11 Å². The topological polar surface area (TPSA) is 20.2 Å². The molecule has 0 aromatic heterocycles. The first-order chi connectivity index (χ1) is 21.7. The van der Waals surface area contributed by atoms with Gasteiger partial charge >= 0.3 is 77.2 Å². The first-order valence-corrected chi connectivity index (χ1v) is 10.8. The maximum Gasteiger partial charge on any atom is 0.460 e. The van der Waals surface area contributed by atoms with Crippen molar-refractivity contribution in [3.63, 3.8) is 0 Å². The van der Waals surface area contributed by atoms with Gasteiger partial charge in [0, 0.05) is 0 Å². The molecule has 0 amide bonds. The minimum atomic E-state index is -10.0. The molecule has 0 atom stereocenters. The SMILES string of the molecule is Oc1c(F)c(F)c(C(F)(F)C(F)(F)C(F)(F)C(F)(F)C(F)(F)C(F)(F)C(F)(F)C(F)(F)C(F)(F)C(F)(F)C(F)(F)C(F)(F)C(F)(F)F)c(F)c1F. The van der Waals surface area contributed by atoms with E-state index in [-0.39, 0.29) is 0 Å². The summed E-state index contributed by atoms with van der Waals surface area (Å²) in [6.07, 6.45) is -8.34. The van der Waals surface area contributed by atoms with Gasteiger partial charge in [-0.3, -0.25) is 0 Å². The third kappa shape index (κ3) is 5.18. The van der Waals surface area contributed by atoms with Crippen LogP contribution in [-0.2, 0) is 5.92 Å². The molecule has 0 fully saturated rings. The van der Waals surface area contributed by atoms with E-state index in [1.165, 1.54) is 0 Å². The Kier molecular flexibility index (Phi) is 10.3. The molecule has 0 saturated heterocycles. The first-order valence-electron chi connectivity index (χ1n) is 10.8. The number of phenols is 1. The normalized spacial score (nSPS) is 16.2. The summed E-state index contributed by atoms with van der Waals surface area (Å²) in [4.78, 5) is 0. The highest BCUT2D eigenvalue weighted by Crippen LogP contribution is 2.69. The predicted molar refractivity (Wildman–Crippen MR) is 92.3 cm³/mol. The molecule has 0 aliphatic rings. The van der Waals surface area contributed by atoms with E-state index in [1.54, 1.807) is 0 Å². The van der Waals surface area contributed by atoms with Gasteiger partial charge in [-0.25, -0.2) is 8.78 Å². The lowest BCUT2D eigenvalue weighted by atomic mass is 9.83. The second-order valence-electron chi connectivity index (χ2n) is 9.37. The number of benzene rings is 1. The summed E-state index contributed by atoms with van der Waals surface area (Å²) in [7, 11) is 0. The Morgan fingerprint density at radius 3 is 0.627 bits per heavy atom. The van der Waals surface area contributed by atoms with Gasteiger partial charge in [0.2, 0.25) is 11.6 Å². The van der Waals surface area contributed by atoms with Crippen LogP contribution in [0.15, 0.2) is 0 Å². The third-order valence-electron chi connectivity index (χ3n) is 6.25. The number of rotatable bonds is 12. The molecule has 0 aliphatic carbocycles. The van der Waals surface area contributed by atoms with Gasteiger partial charge in [0.15, 0.2) is 17.4 Å². The van der Waals surface area contributed by atoms with Crippen molar-refractivity contribution in [2.75, 3.05) is 0 Å². The summed E-state index contributed by atoms with van der Waals surface area (Å²) in [5, 5.41) is 8.54. The molecular weight excluding hydrogens is 833 g/mol. The van der Waals surface area contributed by atoms with E-state index in [0.717, 1.165) is 0 Å². The zero-order valence-corrected chi connectivity index (χ0v) is 21.7. The van der Waals surface area contributed by atoms with Crippen LogP contribution in [-0.4, -0.2) is 76.4 Å². The van der Waals surface area contributed by atoms with Crippen molar-refractivity contribution in [3.8, 4) is 5.75 Å². The summed E-state index contributed by atoms with van der Waals surface area (Å²) < 4.78 is 418. The summed E-state index contributed by atoms with van der Waals surface area (Å²) in [5.74, 6) is -134. The molecule has 0 radical (unpaired) electrons. The smallest absolute Gasteiger partial charge is 0.460 e. The molecule has 51 heavy (non-hydrogen) atoms. The molecule has 1 nitrogen and oxygen atoms in total. The lowest BCUT2D eigenvalue weighted by molar-refractivity contribution is -0.485. The van der Waals surface area contributed by atoms with Crippen LogP contribution in [0.25, 0.3) is 0 Å². The number of aromatic hydroxyl groups is 1. The number of phenolic OH excluding ortho intramolecular Hbond substituents is 1. The summed E-state index contributed by atoms with van der Waals surface area (Å²) in [6.45, 7) is 0. The highest BCUT2D eigenvalue weighted by atomic mass is 19.4. The highest BCUT2D eigenvalue weighted by Gasteiger charge is 3.00. The number of alkyl halides is 27. The summed E-state index contributed by atoms with van der Waals surface area (Å²) in [6, 6.07) is 0. The average molecular weight is 834 g/mol. The lowest BCUT2D eigenvalue weighted by Gasteiger charge is -2.46. The van der Waals surface area contributed by atoms with Crippen LogP contribution in [0.3, 0.4) is 0 Å². The largest absolute Gasteiger partial charge is 0.503 e. The second kappa shape index (κ2) is 11.4. The van der Waals surface area contributed by atoms with Crippen molar-refractivity contribution < 1.29 is 141 Å². The zero-order valence-electron chi connectivity index (χ0n) is 21.7. The first kappa shape index (κ1) is 45.9. The molecule has 0 unspecified atom stereocenters. The maximum absolute atomic E-state index is 14.1. The van der Waals surface area contributed by atoms with Gasteiger partial charge < -0.3 is 5.11 Å². The minimum absolute atomic E-state index is 3.18. The monoisotopic (exact) mass is 834 g/mol. The van der Waals surface area contributed by atoms with Crippen LogP contribution in [0.1, 0.15) is 5.56 Å². The van der Waals surface area contributed by atoms with Gasteiger partial charge in [0.05, 0.1) is 0 Å². The molecule has 300 valence electrons. The fraction of sp³-hybridized carbons (Fsp3) is 0.684. The Morgan fingerprint density at radius 1 is 0.255 bits per heavy atom. The Bertz CT molecular complexity index is 1470. The molecule has 1 aromatic carbocycles. The number of hydrogen-bond acceptors (Lipinski definition) is 1. The van der Waals surface area contributed by atoms with Gasteiger partial charge in [-0.1, -0.05) is 0 Å². The Morgan fingerprint density at radius 2 is 0.431 bits per heavy atom. The molecule has 0 heterocycles. The maximum atomic E-state index is 14.1. The van der Waals surface area contributed by atoms with Crippen LogP contribution in [0, 0.1) is 23.3 Å². The van der Waals surface area contributed by atoms with Crippen molar-refractivity contribution in [1.82, 2.24) is 0 Å².